The Morgan fingerprint density at radius 1 is 0.950 bits per heavy atom. The third kappa shape index (κ3) is 4.17. The van der Waals surface area contributed by atoms with Crippen molar-refractivity contribution in [2.24, 2.45) is 7.05 Å². The number of aryl methyl sites for hydroxylation is 1. The van der Waals surface area contributed by atoms with Crippen molar-refractivity contribution >= 4 is 33.9 Å². The SMILES string of the molecule is Cn1c(C(=O)N2CC(N3CCOCC3)C2)nc2c(N3CCOCC3)nc(-n3c(C(F)F)nc4ccccc43)nc21. The maximum absolute atomic E-state index is 14.2. The van der Waals surface area contributed by atoms with Gasteiger partial charge in [0.25, 0.3) is 12.3 Å². The van der Waals surface area contributed by atoms with Gasteiger partial charge in [-0.05, 0) is 12.1 Å². The number of benzene rings is 1. The van der Waals surface area contributed by atoms with Crippen molar-refractivity contribution < 1.29 is 23.0 Å². The van der Waals surface area contributed by atoms with Crippen LogP contribution in [0.2, 0.25) is 0 Å². The molecule has 0 bridgehead atoms. The highest BCUT2D eigenvalue weighted by atomic mass is 19.3. The average Bonchev–Trinajstić information content (AvgIpc) is 3.51. The molecule has 0 saturated carbocycles. The number of amides is 1. The molecule has 6 heterocycles. The molecular weight excluding hydrogens is 524 g/mol. The molecule has 0 unspecified atom stereocenters. The minimum Gasteiger partial charge on any atom is -0.379 e. The Hall–Kier alpha value is -3.75. The topological polar surface area (TPSA) is 107 Å². The lowest BCUT2D eigenvalue weighted by molar-refractivity contribution is -0.0260. The van der Waals surface area contributed by atoms with Gasteiger partial charge in [0.15, 0.2) is 22.8 Å². The van der Waals surface area contributed by atoms with E-state index in [1.165, 1.54) is 4.57 Å². The molecule has 7 rings (SSSR count). The zero-order valence-corrected chi connectivity index (χ0v) is 22.0. The van der Waals surface area contributed by atoms with Crippen molar-refractivity contribution in [2.45, 2.75) is 12.5 Å². The van der Waals surface area contributed by atoms with Gasteiger partial charge in [-0.15, -0.1) is 0 Å². The Labute approximate surface area is 228 Å². The zero-order valence-electron chi connectivity index (χ0n) is 22.0. The van der Waals surface area contributed by atoms with Gasteiger partial charge < -0.3 is 23.8 Å². The molecule has 3 fully saturated rings. The monoisotopic (exact) mass is 553 g/mol. The molecule has 14 heteroatoms. The number of hydrogen-bond donors (Lipinski definition) is 0. The summed E-state index contributed by atoms with van der Waals surface area (Å²) in [4.78, 5) is 38.0. The molecule has 0 N–H and O–H groups in total. The molecular formula is C26H29F2N9O3. The van der Waals surface area contributed by atoms with Crippen molar-refractivity contribution in [3.05, 3.63) is 35.9 Å². The van der Waals surface area contributed by atoms with Gasteiger partial charge in [0.1, 0.15) is 0 Å². The second-order valence-electron chi connectivity index (χ2n) is 10.2. The largest absolute Gasteiger partial charge is 0.379 e. The second-order valence-corrected chi connectivity index (χ2v) is 10.2. The Morgan fingerprint density at radius 3 is 2.38 bits per heavy atom. The quantitative estimate of drug-likeness (QED) is 0.365. The molecule has 0 radical (unpaired) electrons. The van der Waals surface area contributed by atoms with E-state index in [0.717, 1.165) is 13.1 Å². The minimum absolute atomic E-state index is 0.0522. The number of carbonyl (C=O) groups excluding carboxylic acids is 1. The lowest BCUT2D eigenvalue weighted by Crippen LogP contribution is -2.63. The summed E-state index contributed by atoms with van der Waals surface area (Å²) >= 11 is 0. The van der Waals surface area contributed by atoms with Gasteiger partial charge in [-0.3, -0.25) is 14.3 Å². The molecule has 3 saturated heterocycles. The number of ether oxygens (including phenoxy) is 2. The average molecular weight is 554 g/mol. The van der Waals surface area contributed by atoms with Crippen LogP contribution in [0.15, 0.2) is 24.3 Å². The zero-order chi connectivity index (χ0) is 27.4. The predicted molar refractivity (Wildman–Crippen MR) is 141 cm³/mol. The first-order valence-electron chi connectivity index (χ1n) is 13.4. The fourth-order valence-corrected chi connectivity index (χ4v) is 5.66. The summed E-state index contributed by atoms with van der Waals surface area (Å²) in [6.07, 6.45) is -2.84. The number of anilines is 1. The van der Waals surface area contributed by atoms with Crippen molar-refractivity contribution in [3.8, 4) is 5.95 Å². The van der Waals surface area contributed by atoms with Crippen LogP contribution in [-0.4, -0.2) is 117 Å². The number of halogens is 2. The molecule has 210 valence electrons. The first-order valence-corrected chi connectivity index (χ1v) is 13.4. The number of para-hydroxylation sites is 2. The highest BCUT2D eigenvalue weighted by Gasteiger charge is 2.38. The lowest BCUT2D eigenvalue weighted by Gasteiger charge is -2.46. The number of fused-ring (bicyclic) bond motifs is 2. The summed E-state index contributed by atoms with van der Waals surface area (Å²) in [6.45, 7) is 6.46. The van der Waals surface area contributed by atoms with Gasteiger partial charge in [-0.2, -0.15) is 9.97 Å². The van der Waals surface area contributed by atoms with Gasteiger partial charge in [0, 0.05) is 52.4 Å². The number of alkyl halides is 2. The lowest BCUT2D eigenvalue weighted by atomic mass is 10.1. The number of imidazole rings is 2. The maximum atomic E-state index is 14.2. The minimum atomic E-state index is -2.84. The normalized spacial score (nSPS) is 19.2. The molecule has 3 aliphatic rings. The molecule has 0 aliphatic carbocycles. The van der Waals surface area contributed by atoms with Crippen LogP contribution in [-0.2, 0) is 16.5 Å². The summed E-state index contributed by atoms with van der Waals surface area (Å²) in [7, 11) is 1.72. The van der Waals surface area contributed by atoms with Gasteiger partial charge in [-0.25, -0.2) is 18.7 Å². The van der Waals surface area contributed by atoms with E-state index in [0.29, 0.717) is 86.7 Å². The molecule has 12 nitrogen and oxygen atoms in total. The molecule has 3 aromatic heterocycles. The molecule has 4 aromatic rings. The van der Waals surface area contributed by atoms with E-state index in [9.17, 15) is 13.6 Å². The van der Waals surface area contributed by atoms with E-state index in [1.54, 1.807) is 40.8 Å². The summed E-state index contributed by atoms with van der Waals surface area (Å²) in [6, 6.07) is 7.20. The number of carbonyl (C=O) groups is 1. The summed E-state index contributed by atoms with van der Waals surface area (Å²) in [5.41, 5.74) is 1.73. The van der Waals surface area contributed by atoms with Crippen LogP contribution in [0.5, 0.6) is 0 Å². The van der Waals surface area contributed by atoms with Crippen molar-refractivity contribution in [2.75, 3.05) is 70.6 Å². The molecule has 1 aromatic carbocycles. The van der Waals surface area contributed by atoms with Crippen LogP contribution in [0, 0.1) is 0 Å². The molecule has 0 atom stereocenters. The summed E-state index contributed by atoms with van der Waals surface area (Å²) < 4.78 is 42.2. The van der Waals surface area contributed by atoms with Gasteiger partial charge in [0.2, 0.25) is 11.8 Å². The predicted octanol–water partition coefficient (Wildman–Crippen LogP) is 1.63. The first kappa shape index (κ1) is 25.2. The Balaban J connectivity index is 1.31. The number of hydrogen-bond acceptors (Lipinski definition) is 9. The number of aromatic nitrogens is 6. The highest BCUT2D eigenvalue weighted by molar-refractivity contribution is 5.97. The number of morpholine rings is 2. The van der Waals surface area contributed by atoms with E-state index < -0.39 is 12.2 Å². The van der Waals surface area contributed by atoms with Gasteiger partial charge in [0.05, 0.1) is 37.5 Å². The first-order chi connectivity index (χ1) is 19.5. The Kier molecular flexibility index (Phi) is 6.32. The fraction of sp³-hybridized carbons (Fsp3) is 0.500. The third-order valence-electron chi connectivity index (χ3n) is 7.88. The van der Waals surface area contributed by atoms with E-state index in [1.807, 2.05) is 4.90 Å². The molecule has 1 amide bonds. The van der Waals surface area contributed by atoms with Crippen molar-refractivity contribution in [1.82, 2.24) is 38.9 Å². The maximum Gasteiger partial charge on any atom is 0.296 e. The number of nitrogens with zero attached hydrogens (tertiary/aromatic N) is 9. The van der Waals surface area contributed by atoms with Gasteiger partial charge in [-0.1, -0.05) is 12.1 Å². The van der Waals surface area contributed by atoms with Crippen LogP contribution >= 0.6 is 0 Å². The highest BCUT2D eigenvalue weighted by Crippen LogP contribution is 2.31. The third-order valence-corrected chi connectivity index (χ3v) is 7.88. The second kappa shape index (κ2) is 10.0. The van der Waals surface area contributed by atoms with Crippen LogP contribution in [0.3, 0.4) is 0 Å². The smallest absolute Gasteiger partial charge is 0.296 e. The molecule has 0 spiro atoms. The van der Waals surface area contributed by atoms with Gasteiger partial charge >= 0.3 is 0 Å². The van der Waals surface area contributed by atoms with E-state index in [2.05, 4.69) is 14.9 Å². The van der Waals surface area contributed by atoms with E-state index in [-0.39, 0.29) is 17.7 Å². The standard InChI is InChI=1S/C26H29F2N9O3/c1-33-21-19(30-24(33)25(38)36-14-16(15-36)34-6-10-39-11-7-34)22(35-8-12-40-13-9-35)32-26(31-21)37-18-5-3-2-4-17(18)29-23(37)20(27)28/h2-5,16,20H,6-15H2,1H3. The number of likely N-dealkylation sites (tertiary alicyclic amines) is 1. The Morgan fingerprint density at radius 2 is 1.65 bits per heavy atom. The summed E-state index contributed by atoms with van der Waals surface area (Å²) in [5, 5.41) is 0. The van der Waals surface area contributed by atoms with Crippen LogP contribution < -0.4 is 4.90 Å². The van der Waals surface area contributed by atoms with Crippen LogP contribution in [0.1, 0.15) is 22.9 Å². The van der Waals surface area contributed by atoms with E-state index >= 15 is 0 Å². The van der Waals surface area contributed by atoms with E-state index in [4.69, 9.17) is 19.4 Å². The van der Waals surface area contributed by atoms with Crippen LogP contribution in [0.25, 0.3) is 28.1 Å². The van der Waals surface area contributed by atoms with Crippen molar-refractivity contribution in [3.63, 3.8) is 0 Å². The van der Waals surface area contributed by atoms with Crippen LogP contribution in [0.4, 0.5) is 14.6 Å². The molecule has 40 heavy (non-hydrogen) atoms. The number of rotatable bonds is 5. The fourth-order valence-electron chi connectivity index (χ4n) is 5.66. The Bertz CT molecular complexity index is 1570. The van der Waals surface area contributed by atoms with Crippen molar-refractivity contribution in [1.29, 1.82) is 0 Å². The summed E-state index contributed by atoms with van der Waals surface area (Å²) in [5.74, 6) is 0.130. The molecule has 3 aliphatic heterocycles.